The van der Waals surface area contributed by atoms with E-state index >= 15 is 0 Å². The minimum absolute atomic E-state index is 0.0460. The van der Waals surface area contributed by atoms with Gasteiger partial charge in [0.1, 0.15) is 5.75 Å². The summed E-state index contributed by atoms with van der Waals surface area (Å²) in [5.74, 6) is 1.80. The Morgan fingerprint density at radius 3 is 2.18 bits per heavy atom. The standard InChI is InChI=1S/C26H25Cl2NO4/c1-4-32-23-12-17-13-25(30)29(19-10-11-22(31-3)21(28)14-19)26(16-6-8-18(27)9-7-16)20(17)15-24(23)33-5-2/h6-12,14-15,26H,4-5,13H2,1-3H3/t26-/m1/s1. The Labute approximate surface area is 203 Å². The highest BCUT2D eigenvalue weighted by Gasteiger charge is 2.36. The first-order chi connectivity index (χ1) is 16.0. The molecule has 1 heterocycles. The molecule has 0 N–H and O–H groups in total. The van der Waals surface area contributed by atoms with E-state index in [4.69, 9.17) is 37.4 Å². The molecule has 0 saturated heterocycles. The van der Waals surface area contributed by atoms with Gasteiger partial charge in [0.15, 0.2) is 11.5 Å². The molecule has 1 atom stereocenters. The monoisotopic (exact) mass is 485 g/mol. The summed E-state index contributed by atoms with van der Waals surface area (Å²) in [7, 11) is 1.56. The summed E-state index contributed by atoms with van der Waals surface area (Å²) in [6.07, 6.45) is 0.232. The third-order valence-corrected chi connectivity index (χ3v) is 6.12. The van der Waals surface area contributed by atoms with Gasteiger partial charge in [0.25, 0.3) is 0 Å². The van der Waals surface area contributed by atoms with E-state index in [1.807, 2.05) is 56.3 Å². The molecule has 1 aliphatic rings. The molecular formula is C26H25Cl2NO4. The molecule has 4 rings (SSSR count). The second-order valence-electron chi connectivity index (χ2n) is 7.58. The minimum atomic E-state index is -0.391. The highest BCUT2D eigenvalue weighted by Crippen LogP contribution is 2.44. The van der Waals surface area contributed by atoms with Crippen molar-refractivity contribution in [2.75, 3.05) is 25.2 Å². The Morgan fingerprint density at radius 1 is 0.909 bits per heavy atom. The van der Waals surface area contributed by atoms with Crippen molar-refractivity contribution >= 4 is 34.8 Å². The lowest BCUT2D eigenvalue weighted by Gasteiger charge is -2.38. The topological polar surface area (TPSA) is 48.0 Å². The fourth-order valence-corrected chi connectivity index (χ4v) is 4.54. The van der Waals surface area contributed by atoms with Gasteiger partial charge in [-0.25, -0.2) is 0 Å². The lowest BCUT2D eigenvalue weighted by molar-refractivity contribution is -0.118. The van der Waals surface area contributed by atoms with Gasteiger partial charge in [0.2, 0.25) is 5.91 Å². The Hall–Kier alpha value is -2.89. The van der Waals surface area contributed by atoms with Crippen molar-refractivity contribution in [2.24, 2.45) is 0 Å². The molecule has 1 aliphatic heterocycles. The zero-order chi connectivity index (χ0) is 23.5. The average molecular weight is 486 g/mol. The van der Waals surface area contributed by atoms with Crippen LogP contribution in [0.5, 0.6) is 17.2 Å². The molecule has 1 amide bonds. The molecule has 33 heavy (non-hydrogen) atoms. The van der Waals surface area contributed by atoms with Crippen molar-refractivity contribution in [3.8, 4) is 17.2 Å². The molecule has 0 radical (unpaired) electrons. The largest absolute Gasteiger partial charge is 0.495 e. The van der Waals surface area contributed by atoms with Crippen molar-refractivity contribution in [1.82, 2.24) is 0 Å². The van der Waals surface area contributed by atoms with Crippen LogP contribution in [-0.2, 0) is 11.2 Å². The second kappa shape index (κ2) is 9.94. The Morgan fingerprint density at radius 2 is 1.58 bits per heavy atom. The van der Waals surface area contributed by atoms with Crippen LogP contribution in [0.25, 0.3) is 0 Å². The lowest BCUT2D eigenvalue weighted by Crippen LogP contribution is -2.41. The van der Waals surface area contributed by atoms with Gasteiger partial charge in [-0.05, 0) is 73.0 Å². The molecular weight excluding hydrogens is 461 g/mol. The number of methoxy groups -OCH3 is 1. The first-order valence-corrected chi connectivity index (χ1v) is 11.6. The summed E-state index contributed by atoms with van der Waals surface area (Å²) in [4.78, 5) is 15.3. The first kappa shape index (κ1) is 23.3. The number of anilines is 1. The second-order valence-corrected chi connectivity index (χ2v) is 8.42. The molecule has 0 aromatic heterocycles. The number of carbonyl (C=O) groups excluding carboxylic acids is 1. The van der Waals surface area contributed by atoms with Crippen molar-refractivity contribution in [3.05, 3.63) is 81.3 Å². The van der Waals surface area contributed by atoms with Crippen molar-refractivity contribution in [3.63, 3.8) is 0 Å². The van der Waals surface area contributed by atoms with Gasteiger partial charge < -0.3 is 19.1 Å². The average Bonchev–Trinajstić information content (AvgIpc) is 2.80. The van der Waals surface area contributed by atoms with E-state index in [0.29, 0.717) is 46.2 Å². The molecule has 0 spiro atoms. The number of benzene rings is 3. The fourth-order valence-electron chi connectivity index (χ4n) is 4.17. The molecule has 0 saturated carbocycles. The van der Waals surface area contributed by atoms with Crippen LogP contribution in [0.2, 0.25) is 10.0 Å². The molecule has 0 bridgehead atoms. The van der Waals surface area contributed by atoms with Crippen LogP contribution in [0.4, 0.5) is 5.69 Å². The van der Waals surface area contributed by atoms with Crippen molar-refractivity contribution < 1.29 is 19.0 Å². The number of rotatable bonds is 7. The van der Waals surface area contributed by atoms with E-state index in [1.54, 1.807) is 24.1 Å². The molecule has 5 nitrogen and oxygen atoms in total. The highest BCUT2D eigenvalue weighted by molar-refractivity contribution is 6.32. The lowest BCUT2D eigenvalue weighted by atomic mass is 9.87. The number of ether oxygens (including phenoxy) is 3. The zero-order valence-electron chi connectivity index (χ0n) is 18.7. The SMILES string of the molecule is CCOc1cc2c(cc1OCC)[C@@H](c1ccc(Cl)cc1)N(c1ccc(OC)c(Cl)c1)C(=O)C2. The maximum atomic E-state index is 13.5. The summed E-state index contributed by atoms with van der Waals surface area (Å²) >= 11 is 12.6. The van der Waals surface area contributed by atoms with Crippen LogP contribution >= 0.6 is 23.2 Å². The van der Waals surface area contributed by atoms with Crippen LogP contribution in [0.3, 0.4) is 0 Å². The molecule has 0 unspecified atom stereocenters. The normalized spacial score (nSPS) is 15.2. The van der Waals surface area contributed by atoms with E-state index in [0.717, 1.165) is 16.7 Å². The quantitative estimate of drug-likeness (QED) is 0.384. The van der Waals surface area contributed by atoms with E-state index in [1.165, 1.54) is 0 Å². The van der Waals surface area contributed by atoms with Crippen LogP contribution in [-0.4, -0.2) is 26.2 Å². The third-order valence-electron chi connectivity index (χ3n) is 5.57. The van der Waals surface area contributed by atoms with Gasteiger partial charge in [0.05, 0.1) is 37.8 Å². The smallest absolute Gasteiger partial charge is 0.232 e. The number of amides is 1. The third kappa shape index (κ3) is 4.61. The van der Waals surface area contributed by atoms with Gasteiger partial charge in [-0.15, -0.1) is 0 Å². The van der Waals surface area contributed by atoms with Crippen molar-refractivity contribution in [1.29, 1.82) is 0 Å². The van der Waals surface area contributed by atoms with Crippen LogP contribution in [0.15, 0.2) is 54.6 Å². The van der Waals surface area contributed by atoms with Gasteiger partial charge in [-0.3, -0.25) is 4.79 Å². The summed E-state index contributed by atoms with van der Waals surface area (Å²) in [6, 6.07) is 16.4. The van der Waals surface area contributed by atoms with Gasteiger partial charge in [0, 0.05) is 10.7 Å². The fraction of sp³-hybridized carbons (Fsp3) is 0.269. The highest BCUT2D eigenvalue weighted by atomic mass is 35.5. The number of hydrogen-bond donors (Lipinski definition) is 0. The number of hydrogen-bond acceptors (Lipinski definition) is 4. The van der Waals surface area contributed by atoms with E-state index < -0.39 is 6.04 Å². The van der Waals surface area contributed by atoms with E-state index in [2.05, 4.69) is 0 Å². The van der Waals surface area contributed by atoms with Gasteiger partial charge >= 0.3 is 0 Å². The molecule has 172 valence electrons. The Balaban J connectivity index is 1.92. The molecule has 3 aromatic rings. The summed E-state index contributed by atoms with van der Waals surface area (Å²) < 4.78 is 17.0. The number of carbonyl (C=O) groups is 1. The van der Waals surface area contributed by atoms with Crippen LogP contribution in [0.1, 0.15) is 36.6 Å². The summed E-state index contributed by atoms with van der Waals surface area (Å²) in [5, 5.41) is 1.06. The van der Waals surface area contributed by atoms with Gasteiger partial charge in [-0.1, -0.05) is 35.3 Å². The molecule has 3 aromatic carbocycles. The van der Waals surface area contributed by atoms with E-state index in [-0.39, 0.29) is 12.3 Å². The predicted octanol–water partition coefficient (Wildman–Crippen LogP) is 6.48. The predicted molar refractivity (Wildman–Crippen MR) is 131 cm³/mol. The molecule has 0 fully saturated rings. The maximum absolute atomic E-state index is 13.5. The van der Waals surface area contributed by atoms with E-state index in [9.17, 15) is 4.79 Å². The zero-order valence-corrected chi connectivity index (χ0v) is 20.2. The number of halogens is 2. The van der Waals surface area contributed by atoms with Gasteiger partial charge in [-0.2, -0.15) is 0 Å². The summed E-state index contributed by atoms with van der Waals surface area (Å²) in [6.45, 7) is 4.86. The molecule has 7 heteroatoms. The van der Waals surface area contributed by atoms with Crippen molar-refractivity contribution in [2.45, 2.75) is 26.3 Å². The van der Waals surface area contributed by atoms with Crippen LogP contribution in [0, 0.1) is 0 Å². The summed E-state index contributed by atoms with van der Waals surface area (Å²) in [5.41, 5.74) is 3.48. The number of nitrogens with zero attached hydrogens (tertiary/aromatic N) is 1. The maximum Gasteiger partial charge on any atom is 0.232 e. The Bertz CT molecular complexity index is 1160. The first-order valence-electron chi connectivity index (χ1n) is 10.8. The Kier molecular flexibility index (Phi) is 7.01. The number of fused-ring (bicyclic) bond motifs is 1. The molecule has 0 aliphatic carbocycles. The van der Waals surface area contributed by atoms with Crippen LogP contribution < -0.4 is 19.1 Å². The minimum Gasteiger partial charge on any atom is -0.495 e.